The Kier molecular flexibility index (Phi) is 4.75. The number of carbonyl (C=O) groups is 1. The summed E-state index contributed by atoms with van der Waals surface area (Å²) < 4.78 is 51.5. The number of primary sulfonamides is 1. The highest BCUT2D eigenvalue weighted by atomic mass is 32.2. The van der Waals surface area contributed by atoms with Crippen LogP contribution in [0.1, 0.15) is 32.1 Å². The fourth-order valence-corrected chi connectivity index (χ4v) is 5.17. The number of nitrogens with two attached hydrogens (primary N) is 1. The van der Waals surface area contributed by atoms with Gasteiger partial charge in [0.05, 0.1) is 21.9 Å². The summed E-state index contributed by atoms with van der Waals surface area (Å²) in [4.78, 5) is 12.6. The number of carbonyl (C=O) groups excluding carboxylic acids is 1. The third kappa shape index (κ3) is 3.68. The van der Waals surface area contributed by atoms with Gasteiger partial charge in [-0.3, -0.25) is 4.79 Å². The number of sulfonamides is 2. The summed E-state index contributed by atoms with van der Waals surface area (Å²) in [6.07, 6.45) is 3.57. The van der Waals surface area contributed by atoms with Crippen LogP contribution in [0.3, 0.4) is 0 Å². The summed E-state index contributed by atoms with van der Waals surface area (Å²) in [5, 5.41) is 9.99. The number of benzene rings is 1. The largest absolute Gasteiger partial charge is 0.301 e. The molecule has 4 rings (SSSR count). The summed E-state index contributed by atoms with van der Waals surface area (Å²) in [5.41, 5.74) is 2.97. The average Bonchev–Trinajstić information content (AvgIpc) is 3.01. The molecule has 0 saturated heterocycles. The molecule has 152 valence electrons. The zero-order chi connectivity index (χ0) is 20.8. The maximum Gasteiger partial charge on any atom is 0.301 e. The first-order valence-electron chi connectivity index (χ1n) is 8.90. The first kappa shape index (κ1) is 19.7. The molecule has 0 atom stereocenters. The molecule has 0 saturated carbocycles. The van der Waals surface area contributed by atoms with Crippen LogP contribution in [0, 0.1) is 0 Å². The Morgan fingerprint density at radius 1 is 0.966 bits per heavy atom. The Morgan fingerprint density at radius 3 is 2.34 bits per heavy atom. The fourth-order valence-electron chi connectivity index (χ4n) is 3.74. The first-order valence-corrected chi connectivity index (χ1v) is 11.9. The van der Waals surface area contributed by atoms with Crippen molar-refractivity contribution >= 4 is 26.0 Å². The van der Waals surface area contributed by atoms with E-state index in [0.717, 1.165) is 10.6 Å². The van der Waals surface area contributed by atoms with Crippen molar-refractivity contribution in [1.82, 2.24) is 5.01 Å². The lowest BCUT2D eigenvalue weighted by atomic mass is 9.83. The molecule has 1 aliphatic heterocycles. The van der Waals surface area contributed by atoms with Crippen LogP contribution in [0.5, 0.6) is 0 Å². The highest BCUT2D eigenvalue weighted by molar-refractivity contribution is 7.93. The molecule has 0 fully saturated rings. The number of hydrogen-bond acceptors (Lipinski definition) is 6. The molecule has 2 N–H and O–H groups in total. The molecule has 0 bridgehead atoms. The van der Waals surface area contributed by atoms with Gasteiger partial charge in [0, 0.05) is 0 Å². The first-order chi connectivity index (χ1) is 13.7. The average molecular weight is 434 g/mol. The maximum atomic E-state index is 12.5. The number of hydrogen-bond donors (Lipinski definition) is 1. The molecule has 1 amide bonds. The second-order valence-electron chi connectivity index (χ2n) is 6.94. The minimum absolute atomic E-state index is 0.00691. The van der Waals surface area contributed by atoms with E-state index < -0.39 is 26.0 Å². The zero-order valence-corrected chi connectivity index (χ0v) is 16.9. The second-order valence-corrected chi connectivity index (χ2v) is 10.1. The molecule has 0 spiro atoms. The normalized spacial score (nSPS) is 20.2. The van der Waals surface area contributed by atoms with Gasteiger partial charge in [-0.25, -0.2) is 13.6 Å². The highest BCUT2D eigenvalue weighted by Crippen LogP contribution is 2.44. The molecule has 3 aliphatic rings. The van der Waals surface area contributed by atoms with Crippen LogP contribution >= 0.6 is 0 Å². The van der Waals surface area contributed by atoms with Gasteiger partial charge in [0.1, 0.15) is 0 Å². The van der Waals surface area contributed by atoms with Crippen molar-refractivity contribution in [2.45, 2.75) is 37.0 Å². The van der Waals surface area contributed by atoms with Gasteiger partial charge in [0.2, 0.25) is 10.0 Å². The van der Waals surface area contributed by atoms with E-state index in [1.807, 2.05) is 0 Å². The highest BCUT2D eigenvalue weighted by Gasteiger charge is 2.37. The summed E-state index contributed by atoms with van der Waals surface area (Å²) in [7, 11) is -7.85. The lowest BCUT2D eigenvalue weighted by Crippen LogP contribution is -2.20. The molecular weight excluding hydrogens is 416 g/mol. The molecule has 0 radical (unpaired) electrons. The molecule has 0 aromatic heterocycles. The Balaban J connectivity index is 1.69. The number of fused-ring (bicyclic) bond motifs is 1. The van der Waals surface area contributed by atoms with E-state index in [0.29, 0.717) is 42.5 Å². The van der Waals surface area contributed by atoms with Gasteiger partial charge in [-0.2, -0.15) is 13.4 Å². The molecule has 1 aromatic carbocycles. The molecule has 1 heterocycles. The molecule has 9 nitrogen and oxygen atoms in total. The molecule has 29 heavy (non-hydrogen) atoms. The smallest absolute Gasteiger partial charge is 0.272 e. The minimum Gasteiger partial charge on any atom is -0.272 e. The Bertz CT molecular complexity index is 1230. The monoisotopic (exact) mass is 434 g/mol. The van der Waals surface area contributed by atoms with Gasteiger partial charge in [-0.05, 0) is 64.8 Å². The summed E-state index contributed by atoms with van der Waals surface area (Å²) in [5.74, 6) is -0.410. The van der Waals surface area contributed by atoms with Crippen molar-refractivity contribution in [3.8, 4) is 0 Å². The van der Waals surface area contributed by atoms with E-state index in [-0.39, 0.29) is 16.2 Å². The Labute approximate surface area is 168 Å². The molecular formula is C18H18N4O5S2. The van der Waals surface area contributed by atoms with Gasteiger partial charge in [0.15, 0.2) is 0 Å². The lowest BCUT2D eigenvalue weighted by Gasteiger charge is -2.25. The van der Waals surface area contributed by atoms with Gasteiger partial charge in [0.25, 0.3) is 5.91 Å². The van der Waals surface area contributed by atoms with Gasteiger partial charge >= 0.3 is 10.0 Å². The van der Waals surface area contributed by atoms with Crippen LogP contribution in [-0.2, 0) is 24.8 Å². The standard InChI is InChI=1S/C18H18N4O5S2/c19-28(24,25)14-8-6-12-7-9-17-16(15(12)10-14)11-18(23)22(17)20-21-29(26,27)13-4-2-1-3-5-13/h1-5,10H,6-9,11H2,(H2,19,24,25). The minimum atomic E-state index is -4.04. The predicted octanol–water partition coefficient (Wildman–Crippen LogP) is 2.29. The predicted molar refractivity (Wildman–Crippen MR) is 104 cm³/mol. The summed E-state index contributed by atoms with van der Waals surface area (Å²) in [6, 6.07) is 7.60. The number of amides is 1. The number of rotatable bonds is 4. The lowest BCUT2D eigenvalue weighted by molar-refractivity contribution is -0.127. The molecule has 11 heteroatoms. The number of allylic oxidation sites excluding steroid dienone is 5. The topological polar surface area (TPSA) is 139 Å². The Hall–Kier alpha value is -2.63. The molecule has 0 unspecified atom stereocenters. The third-order valence-corrected chi connectivity index (χ3v) is 7.37. The second kappa shape index (κ2) is 7.01. The van der Waals surface area contributed by atoms with Gasteiger partial charge < -0.3 is 0 Å². The quantitative estimate of drug-likeness (QED) is 0.724. The molecule has 2 aliphatic carbocycles. The molecule has 1 aromatic rings. The van der Waals surface area contributed by atoms with Crippen LogP contribution in [0.2, 0.25) is 0 Å². The third-order valence-electron chi connectivity index (χ3n) is 5.16. The van der Waals surface area contributed by atoms with E-state index >= 15 is 0 Å². The van der Waals surface area contributed by atoms with Crippen molar-refractivity contribution in [2.24, 2.45) is 14.9 Å². The summed E-state index contributed by atoms with van der Waals surface area (Å²) >= 11 is 0. The van der Waals surface area contributed by atoms with Crippen LogP contribution in [0.25, 0.3) is 0 Å². The van der Waals surface area contributed by atoms with Crippen molar-refractivity contribution in [3.63, 3.8) is 0 Å². The van der Waals surface area contributed by atoms with Crippen LogP contribution < -0.4 is 5.14 Å². The van der Waals surface area contributed by atoms with Gasteiger partial charge in [-0.1, -0.05) is 23.8 Å². The SMILES string of the molecule is NS(=O)(=O)C1=CC2=C(CC1)CCC1=C2CC(=O)N1N=NS(=O)(=O)c1ccccc1. The van der Waals surface area contributed by atoms with Crippen molar-refractivity contribution in [2.75, 3.05) is 0 Å². The van der Waals surface area contributed by atoms with Crippen molar-refractivity contribution in [3.05, 3.63) is 63.7 Å². The van der Waals surface area contributed by atoms with E-state index in [1.54, 1.807) is 18.2 Å². The van der Waals surface area contributed by atoms with E-state index in [1.165, 1.54) is 18.2 Å². The van der Waals surface area contributed by atoms with E-state index in [9.17, 15) is 21.6 Å². The Morgan fingerprint density at radius 2 is 1.66 bits per heavy atom. The van der Waals surface area contributed by atoms with Crippen LogP contribution in [-0.4, -0.2) is 27.8 Å². The zero-order valence-electron chi connectivity index (χ0n) is 15.3. The number of nitrogens with zero attached hydrogens (tertiary/aromatic N) is 3. The van der Waals surface area contributed by atoms with Crippen molar-refractivity contribution in [1.29, 1.82) is 0 Å². The summed E-state index contributed by atoms with van der Waals surface area (Å²) in [6.45, 7) is 0. The van der Waals surface area contributed by atoms with E-state index in [4.69, 9.17) is 5.14 Å². The van der Waals surface area contributed by atoms with E-state index in [2.05, 4.69) is 9.74 Å². The van der Waals surface area contributed by atoms with Crippen LogP contribution in [0.4, 0.5) is 0 Å². The van der Waals surface area contributed by atoms with Crippen molar-refractivity contribution < 1.29 is 21.6 Å². The maximum absolute atomic E-state index is 12.5. The van der Waals surface area contributed by atoms with Crippen LogP contribution in [0.15, 0.2) is 78.4 Å². The fraction of sp³-hybridized carbons (Fsp3) is 0.278. The van der Waals surface area contributed by atoms with Gasteiger partial charge in [-0.15, -0.1) is 0 Å².